The summed E-state index contributed by atoms with van der Waals surface area (Å²) in [6, 6.07) is 6.03. The molecule has 1 amide bonds. The molecule has 3 fully saturated rings. The van der Waals surface area contributed by atoms with Gasteiger partial charge in [0, 0.05) is 18.6 Å². The molecule has 3 aliphatic rings. The van der Waals surface area contributed by atoms with Crippen LogP contribution in [0.3, 0.4) is 0 Å². The van der Waals surface area contributed by atoms with Crippen molar-refractivity contribution in [3.63, 3.8) is 0 Å². The Morgan fingerprint density at radius 1 is 1.12 bits per heavy atom. The van der Waals surface area contributed by atoms with Gasteiger partial charge in [-0.2, -0.15) is 0 Å². The molecule has 0 spiro atoms. The zero-order valence-corrected chi connectivity index (χ0v) is 15.8. The molecule has 0 radical (unpaired) electrons. The third-order valence-electron chi connectivity index (χ3n) is 5.38. The standard InChI is InChI=1S/C18H22Cl2N2O.ClH/c19-15-3-1-2-14(16(15)20)18(23)22(13-8-9-21-10-13)17(11-4-5-11)12-6-7-12;/h1-3,11-13,17,21H,4-10H2;1H/t13-;/m0./s1. The third-order valence-corrected chi connectivity index (χ3v) is 6.19. The van der Waals surface area contributed by atoms with Gasteiger partial charge < -0.3 is 10.2 Å². The predicted octanol–water partition coefficient (Wildman–Crippen LogP) is 4.41. The number of amides is 1. The summed E-state index contributed by atoms with van der Waals surface area (Å²) >= 11 is 12.5. The van der Waals surface area contributed by atoms with Crippen LogP contribution in [0.25, 0.3) is 0 Å². The molecule has 1 aromatic rings. The van der Waals surface area contributed by atoms with Crippen molar-refractivity contribution in [1.29, 1.82) is 0 Å². The monoisotopic (exact) mass is 388 g/mol. The lowest BCUT2D eigenvalue weighted by atomic mass is 10.00. The minimum atomic E-state index is 0. The Kier molecular flexibility index (Phi) is 5.65. The van der Waals surface area contributed by atoms with E-state index in [2.05, 4.69) is 10.2 Å². The van der Waals surface area contributed by atoms with E-state index in [4.69, 9.17) is 23.2 Å². The van der Waals surface area contributed by atoms with Crippen LogP contribution in [-0.2, 0) is 0 Å². The van der Waals surface area contributed by atoms with E-state index >= 15 is 0 Å². The van der Waals surface area contributed by atoms with Gasteiger partial charge >= 0.3 is 0 Å². The second-order valence-corrected chi connectivity index (χ2v) is 7.91. The maximum Gasteiger partial charge on any atom is 0.255 e. The van der Waals surface area contributed by atoms with Crippen LogP contribution < -0.4 is 5.32 Å². The molecular weight excluding hydrogens is 367 g/mol. The molecule has 1 N–H and O–H groups in total. The summed E-state index contributed by atoms with van der Waals surface area (Å²) in [6.45, 7) is 1.87. The fraction of sp³-hybridized carbons (Fsp3) is 0.611. The van der Waals surface area contributed by atoms with Crippen LogP contribution in [0, 0.1) is 11.8 Å². The van der Waals surface area contributed by atoms with Crippen molar-refractivity contribution in [2.75, 3.05) is 13.1 Å². The first-order valence-electron chi connectivity index (χ1n) is 8.64. The van der Waals surface area contributed by atoms with Gasteiger partial charge in [-0.1, -0.05) is 29.3 Å². The molecule has 1 aliphatic heterocycles. The Balaban J connectivity index is 0.00000169. The van der Waals surface area contributed by atoms with Crippen LogP contribution in [0.5, 0.6) is 0 Å². The average Bonchev–Trinajstić information content (AvgIpc) is 3.48. The number of hydrogen-bond donors (Lipinski definition) is 1. The van der Waals surface area contributed by atoms with Crippen LogP contribution in [-0.4, -0.2) is 36.0 Å². The molecule has 0 aromatic heterocycles. The summed E-state index contributed by atoms with van der Waals surface area (Å²) in [5.41, 5.74) is 0.553. The molecular formula is C18H23Cl3N2O. The van der Waals surface area contributed by atoms with E-state index in [1.165, 1.54) is 25.7 Å². The molecule has 3 nitrogen and oxygen atoms in total. The normalized spacial score (nSPS) is 23.2. The summed E-state index contributed by atoms with van der Waals surface area (Å²) in [4.78, 5) is 15.5. The summed E-state index contributed by atoms with van der Waals surface area (Å²) in [6.07, 6.45) is 6.06. The summed E-state index contributed by atoms with van der Waals surface area (Å²) < 4.78 is 0. The van der Waals surface area contributed by atoms with Gasteiger partial charge in [-0.25, -0.2) is 0 Å². The van der Waals surface area contributed by atoms with E-state index in [0.717, 1.165) is 19.5 Å². The molecule has 0 bridgehead atoms. The number of carbonyl (C=O) groups is 1. The molecule has 132 valence electrons. The lowest BCUT2D eigenvalue weighted by molar-refractivity contribution is 0.0523. The van der Waals surface area contributed by atoms with Crippen molar-refractivity contribution < 1.29 is 4.79 Å². The van der Waals surface area contributed by atoms with Crippen molar-refractivity contribution in [1.82, 2.24) is 10.2 Å². The van der Waals surface area contributed by atoms with Crippen LogP contribution >= 0.6 is 35.6 Å². The van der Waals surface area contributed by atoms with E-state index in [1.807, 2.05) is 12.1 Å². The molecule has 1 heterocycles. The molecule has 24 heavy (non-hydrogen) atoms. The highest BCUT2D eigenvalue weighted by Gasteiger charge is 2.48. The first-order chi connectivity index (χ1) is 11.2. The van der Waals surface area contributed by atoms with Crippen molar-refractivity contribution in [3.05, 3.63) is 33.8 Å². The first-order valence-corrected chi connectivity index (χ1v) is 9.40. The summed E-state index contributed by atoms with van der Waals surface area (Å²) in [5.74, 6) is 1.44. The van der Waals surface area contributed by atoms with Gasteiger partial charge in [0.05, 0.1) is 15.6 Å². The quantitative estimate of drug-likeness (QED) is 0.809. The van der Waals surface area contributed by atoms with Gasteiger partial charge in [0.25, 0.3) is 5.91 Å². The Labute approximate surface area is 159 Å². The number of benzene rings is 1. The summed E-state index contributed by atoms with van der Waals surface area (Å²) in [5, 5.41) is 4.25. The molecule has 2 saturated carbocycles. The van der Waals surface area contributed by atoms with E-state index in [1.54, 1.807) is 6.07 Å². The molecule has 4 rings (SSSR count). The van der Waals surface area contributed by atoms with Crippen molar-refractivity contribution in [3.8, 4) is 0 Å². The van der Waals surface area contributed by atoms with Crippen LogP contribution in [0.1, 0.15) is 42.5 Å². The highest BCUT2D eigenvalue weighted by molar-refractivity contribution is 6.43. The smallest absolute Gasteiger partial charge is 0.255 e. The fourth-order valence-electron chi connectivity index (χ4n) is 3.94. The molecule has 1 atom stereocenters. The highest BCUT2D eigenvalue weighted by atomic mass is 35.5. The minimum Gasteiger partial charge on any atom is -0.331 e. The van der Waals surface area contributed by atoms with Crippen molar-refractivity contribution in [2.24, 2.45) is 11.8 Å². The van der Waals surface area contributed by atoms with E-state index in [-0.39, 0.29) is 24.4 Å². The molecule has 1 aromatic carbocycles. The average molecular weight is 390 g/mol. The maximum atomic E-state index is 13.4. The van der Waals surface area contributed by atoms with Gasteiger partial charge in [0.2, 0.25) is 0 Å². The zero-order chi connectivity index (χ0) is 16.0. The van der Waals surface area contributed by atoms with Gasteiger partial charge in [-0.3, -0.25) is 4.79 Å². The molecule has 6 heteroatoms. The lowest BCUT2D eigenvalue weighted by Gasteiger charge is -2.37. The van der Waals surface area contributed by atoms with Crippen LogP contribution in [0.4, 0.5) is 0 Å². The van der Waals surface area contributed by atoms with Crippen molar-refractivity contribution in [2.45, 2.75) is 44.2 Å². The third kappa shape index (κ3) is 3.55. The molecule has 2 aliphatic carbocycles. The van der Waals surface area contributed by atoms with Gasteiger partial charge in [0.1, 0.15) is 0 Å². The SMILES string of the molecule is Cl.O=C(c1cccc(Cl)c1Cl)N(C(C1CC1)C1CC1)[C@H]1CCNC1. The molecule has 1 saturated heterocycles. The topological polar surface area (TPSA) is 32.3 Å². The number of hydrogen-bond acceptors (Lipinski definition) is 2. The van der Waals surface area contributed by atoms with E-state index < -0.39 is 0 Å². The lowest BCUT2D eigenvalue weighted by Crippen LogP contribution is -2.50. The van der Waals surface area contributed by atoms with Crippen LogP contribution in [0.15, 0.2) is 18.2 Å². The van der Waals surface area contributed by atoms with Crippen LogP contribution in [0.2, 0.25) is 10.0 Å². The van der Waals surface area contributed by atoms with E-state index in [0.29, 0.717) is 33.5 Å². The number of nitrogens with one attached hydrogen (secondary N) is 1. The van der Waals surface area contributed by atoms with Crippen molar-refractivity contribution >= 4 is 41.5 Å². The number of nitrogens with zero attached hydrogens (tertiary/aromatic N) is 1. The zero-order valence-electron chi connectivity index (χ0n) is 13.5. The van der Waals surface area contributed by atoms with Gasteiger partial charge in [-0.05, 0) is 62.6 Å². The number of halogens is 3. The van der Waals surface area contributed by atoms with E-state index in [9.17, 15) is 4.79 Å². The number of carbonyl (C=O) groups excluding carboxylic acids is 1. The summed E-state index contributed by atoms with van der Waals surface area (Å²) in [7, 11) is 0. The largest absolute Gasteiger partial charge is 0.331 e. The fourth-order valence-corrected chi connectivity index (χ4v) is 4.33. The first kappa shape index (κ1) is 18.3. The number of rotatable bonds is 5. The molecule has 0 unspecified atom stereocenters. The highest BCUT2D eigenvalue weighted by Crippen LogP contribution is 2.48. The Bertz CT molecular complexity index is 598. The second kappa shape index (κ2) is 7.41. The Morgan fingerprint density at radius 2 is 1.79 bits per heavy atom. The Hall–Kier alpha value is -0.480. The Morgan fingerprint density at radius 3 is 2.33 bits per heavy atom. The maximum absolute atomic E-state index is 13.4. The second-order valence-electron chi connectivity index (χ2n) is 7.13. The minimum absolute atomic E-state index is 0. The predicted molar refractivity (Wildman–Crippen MR) is 100 cm³/mol. The van der Waals surface area contributed by atoms with Gasteiger partial charge in [-0.15, -0.1) is 12.4 Å². The van der Waals surface area contributed by atoms with Gasteiger partial charge in [0.15, 0.2) is 0 Å².